The fourth-order valence-corrected chi connectivity index (χ4v) is 2.46. The van der Waals surface area contributed by atoms with Crippen LogP contribution in [-0.2, 0) is 4.79 Å². The lowest BCUT2D eigenvalue weighted by molar-refractivity contribution is -0.117. The van der Waals surface area contributed by atoms with Crippen molar-refractivity contribution < 1.29 is 4.79 Å². The largest absolute Gasteiger partial charge is 0.324 e. The van der Waals surface area contributed by atoms with Crippen LogP contribution in [0.3, 0.4) is 0 Å². The predicted octanol–water partition coefficient (Wildman–Crippen LogP) is 2.81. The smallest absolute Gasteiger partial charge is 0.241 e. The van der Waals surface area contributed by atoms with Crippen molar-refractivity contribution in [3.63, 3.8) is 0 Å². The molecule has 0 saturated carbocycles. The van der Waals surface area contributed by atoms with Gasteiger partial charge in [-0.1, -0.05) is 32.0 Å². The number of rotatable bonds is 3. The molecule has 2 N–H and O–H groups in total. The normalized spacial score (nSPS) is 19.2. The zero-order chi connectivity index (χ0) is 13.1. The number of para-hydroxylation sites is 1. The number of aryl methyl sites for hydroxylation is 1. The minimum Gasteiger partial charge on any atom is -0.324 e. The van der Waals surface area contributed by atoms with Crippen LogP contribution >= 0.6 is 0 Å². The highest BCUT2D eigenvalue weighted by atomic mass is 16.2. The molecule has 1 aromatic rings. The quantitative estimate of drug-likeness (QED) is 0.861. The van der Waals surface area contributed by atoms with Crippen LogP contribution in [0.4, 0.5) is 5.69 Å². The molecule has 0 spiro atoms. The molecule has 3 heteroatoms. The first-order chi connectivity index (χ1) is 8.59. The maximum Gasteiger partial charge on any atom is 0.241 e. The average molecular weight is 246 g/mol. The number of anilines is 1. The molecule has 1 atom stereocenters. The Balaban J connectivity index is 2.19. The molecule has 0 aromatic heterocycles. The van der Waals surface area contributed by atoms with E-state index in [4.69, 9.17) is 0 Å². The summed E-state index contributed by atoms with van der Waals surface area (Å²) in [5.74, 6) is 0.514. The first-order valence-corrected chi connectivity index (χ1v) is 6.73. The number of benzene rings is 1. The number of amides is 1. The van der Waals surface area contributed by atoms with Gasteiger partial charge in [0.25, 0.3) is 0 Å². The molecule has 1 heterocycles. The fraction of sp³-hybridized carbons (Fsp3) is 0.533. The lowest BCUT2D eigenvalue weighted by Crippen LogP contribution is -2.36. The average Bonchev–Trinajstić information content (AvgIpc) is 2.85. The first-order valence-electron chi connectivity index (χ1n) is 6.73. The summed E-state index contributed by atoms with van der Waals surface area (Å²) >= 11 is 0. The van der Waals surface area contributed by atoms with E-state index in [0.29, 0.717) is 5.92 Å². The van der Waals surface area contributed by atoms with Crippen LogP contribution in [0.25, 0.3) is 0 Å². The third-order valence-corrected chi connectivity index (χ3v) is 3.55. The highest BCUT2D eigenvalue weighted by Crippen LogP contribution is 2.27. The van der Waals surface area contributed by atoms with Gasteiger partial charge in [0.05, 0.1) is 6.04 Å². The van der Waals surface area contributed by atoms with Gasteiger partial charge in [-0.3, -0.25) is 4.79 Å². The Labute approximate surface area is 109 Å². The van der Waals surface area contributed by atoms with Crippen LogP contribution in [-0.4, -0.2) is 18.5 Å². The second kappa shape index (κ2) is 5.53. The van der Waals surface area contributed by atoms with Crippen molar-refractivity contribution in [3.8, 4) is 0 Å². The first kappa shape index (κ1) is 13.1. The molecule has 0 bridgehead atoms. The topological polar surface area (TPSA) is 41.1 Å². The lowest BCUT2D eigenvalue weighted by Gasteiger charge is -2.18. The van der Waals surface area contributed by atoms with E-state index in [1.165, 1.54) is 5.56 Å². The Hall–Kier alpha value is -1.35. The van der Waals surface area contributed by atoms with E-state index < -0.39 is 0 Å². The van der Waals surface area contributed by atoms with Crippen LogP contribution in [0.5, 0.6) is 0 Å². The molecule has 1 aromatic carbocycles. The van der Waals surface area contributed by atoms with Gasteiger partial charge in [-0.2, -0.15) is 0 Å². The van der Waals surface area contributed by atoms with Gasteiger partial charge in [-0.05, 0) is 43.4 Å². The fourth-order valence-electron chi connectivity index (χ4n) is 2.46. The van der Waals surface area contributed by atoms with Crippen molar-refractivity contribution in [2.75, 3.05) is 11.9 Å². The molecule has 2 rings (SSSR count). The Morgan fingerprint density at radius 3 is 2.83 bits per heavy atom. The van der Waals surface area contributed by atoms with Gasteiger partial charge in [0.2, 0.25) is 5.91 Å². The molecule has 1 aliphatic rings. The SMILES string of the molecule is Cc1cccc(C(C)C)c1NC(=O)[C@@H]1CCCN1. The molecule has 3 nitrogen and oxygen atoms in total. The summed E-state index contributed by atoms with van der Waals surface area (Å²) < 4.78 is 0. The summed E-state index contributed by atoms with van der Waals surface area (Å²) in [5.41, 5.74) is 3.33. The number of nitrogens with one attached hydrogen (secondary N) is 2. The van der Waals surface area contributed by atoms with Gasteiger partial charge >= 0.3 is 0 Å². The van der Waals surface area contributed by atoms with Gasteiger partial charge in [-0.25, -0.2) is 0 Å². The van der Waals surface area contributed by atoms with Gasteiger partial charge in [-0.15, -0.1) is 0 Å². The van der Waals surface area contributed by atoms with Gasteiger partial charge in [0.1, 0.15) is 0 Å². The Morgan fingerprint density at radius 1 is 1.44 bits per heavy atom. The van der Waals surface area contributed by atoms with Crippen molar-refractivity contribution in [1.82, 2.24) is 5.32 Å². The van der Waals surface area contributed by atoms with Crippen molar-refractivity contribution in [3.05, 3.63) is 29.3 Å². The summed E-state index contributed by atoms with van der Waals surface area (Å²) in [7, 11) is 0. The standard InChI is InChI=1S/C15H22N2O/c1-10(2)12-7-4-6-11(3)14(12)17-15(18)13-8-5-9-16-13/h4,6-7,10,13,16H,5,8-9H2,1-3H3,(H,17,18)/t13-/m0/s1. The molecule has 98 valence electrons. The second-order valence-electron chi connectivity index (χ2n) is 5.33. The molecule has 18 heavy (non-hydrogen) atoms. The molecule has 1 fully saturated rings. The summed E-state index contributed by atoms with van der Waals surface area (Å²) in [6.45, 7) is 7.29. The van der Waals surface area contributed by atoms with Crippen LogP contribution < -0.4 is 10.6 Å². The van der Waals surface area contributed by atoms with Crippen molar-refractivity contribution >= 4 is 11.6 Å². The Kier molecular flexibility index (Phi) is 4.02. The molecule has 1 amide bonds. The summed E-state index contributed by atoms with van der Waals surface area (Å²) in [5, 5.41) is 6.33. The third-order valence-electron chi connectivity index (χ3n) is 3.55. The predicted molar refractivity (Wildman–Crippen MR) is 74.9 cm³/mol. The van der Waals surface area contributed by atoms with E-state index in [0.717, 1.165) is 30.6 Å². The van der Waals surface area contributed by atoms with Crippen LogP contribution in [0.2, 0.25) is 0 Å². The highest BCUT2D eigenvalue weighted by molar-refractivity contribution is 5.96. The molecule has 1 aliphatic heterocycles. The van der Waals surface area contributed by atoms with E-state index in [1.54, 1.807) is 0 Å². The minimum atomic E-state index is -0.0235. The zero-order valence-electron chi connectivity index (χ0n) is 11.4. The Morgan fingerprint density at radius 2 is 2.22 bits per heavy atom. The van der Waals surface area contributed by atoms with Gasteiger partial charge in [0.15, 0.2) is 0 Å². The summed E-state index contributed by atoms with van der Waals surface area (Å²) in [4.78, 5) is 12.2. The zero-order valence-corrected chi connectivity index (χ0v) is 11.4. The van der Waals surface area contributed by atoms with E-state index in [2.05, 4.69) is 30.5 Å². The summed E-state index contributed by atoms with van der Waals surface area (Å²) in [6, 6.07) is 6.16. The molecule has 0 radical (unpaired) electrons. The number of hydrogen-bond donors (Lipinski definition) is 2. The van der Waals surface area contributed by atoms with Crippen LogP contribution in [0.15, 0.2) is 18.2 Å². The molecular weight excluding hydrogens is 224 g/mol. The molecule has 0 aliphatic carbocycles. The molecule has 1 saturated heterocycles. The second-order valence-corrected chi connectivity index (χ2v) is 5.33. The monoisotopic (exact) mass is 246 g/mol. The maximum atomic E-state index is 12.2. The third kappa shape index (κ3) is 2.72. The summed E-state index contributed by atoms with van der Waals surface area (Å²) in [6.07, 6.45) is 2.03. The van der Waals surface area contributed by atoms with E-state index in [9.17, 15) is 4.79 Å². The van der Waals surface area contributed by atoms with Crippen molar-refractivity contribution in [1.29, 1.82) is 0 Å². The van der Waals surface area contributed by atoms with E-state index in [-0.39, 0.29) is 11.9 Å². The van der Waals surface area contributed by atoms with Crippen LogP contribution in [0.1, 0.15) is 43.7 Å². The number of carbonyl (C=O) groups is 1. The maximum absolute atomic E-state index is 12.2. The number of hydrogen-bond acceptors (Lipinski definition) is 2. The highest BCUT2D eigenvalue weighted by Gasteiger charge is 2.23. The minimum absolute atomic E-state index is 0.0235. The molecular formula is C15H22N2O. The van der Waals surface area contributed by atoms with Crippen molar-refractivity contribution in [2.24, 2.45) is 0 Å². The Bertz CT molecular complexity index is 434. The van der Waals surface area contributed by atoms with Crippen molar-refractivity contribution in [2.45, 2.75) is 45.6 Å². The van der Waals surface area contributed by atoms with E-state index in [1.807, 2.05) is 19.1 Å². The lowest BCUT2D eigenvalue weighted by atomic mass is 9.98. The molecule has 0 unspecified atom stereocenters. The number of carbonyl (C=O) groups excluding carboxylic acids is 1. The van der Waals surface area contributed by atoms with E-state index >= 15 is 0 Å². The van der Waals surface area contributed by atoms with Gasteiger partial charge < -0.3 is 10.6 Å². The van der Waals surface area contributed by atoms with Crippen LogP contribution in [0, 0.1) is 6.92 Å². The van der Waals surface area contributed by atoms with Gasteiger partial charge in [0, 0.05) is 5.69 Å².